The summed E-state index contributed by atoms with van der Waals surface area (Å²) in [5.74, 6) is -0.232. The van der Waals surface area contributed by atoms with E-state index in [1.807, 2.05) is 54.2 Å². The number of carbonyl (C=O) groups excluding carboxylic acids is 1. The first-order chi connectivity index (χ1) is 11.6. The molecule has 0 radical (unpaired) electrons. The SMILES string of the molecule is Cc1ccc(C(=O)Nc2ccc(C#N)c(Cl)c2)cc1-n1cccc1. The van der Waals surface area contributed by atoms with Gasteiger partial charge in [0.1, 0.15) is 6.07 Å². The number of halogens is 1. The van der Waals surface area contributed by atoms with E-state index >= 15 is 0 Å². The zero-order chi connectivity index (χ0) is 17.1. The molecule has 2 aromatic carbocycles. The highest BCUT2D eigenvalue weighted by molar-refractivity contribution is 6.32. The van der Waals surface area contributed by atoms with Crippen LogP contribution in [-0.2, 0) is 0 Å². The molecular formula is C19H14ClN3O. The second-order valence-electron chi connectivity index (χ2n) is 5.35. The fraction of sp³-hybridized carbons (Fsp3) is 0.0526. The fourth-order valence-electron chi connectivity index (χ4n) is 2.41. The molecule has 1 aromatic heterocycles. The number of amides is 1. The summed E-state index contributed by atoms with van der Waals surface area (Å²) in [6.07, 6.45) is 3.87. The number of nitriles is 1. The Morgan fingerprint density at radius 2 is 1.92 bits per heavy atom. The lowest BCUT2D eigenvalue weighted by Gasteiger charge is -2.11. The number of nitrogens with one attached hydrogen (secondary N) is 1. The molecule has 0 spiro atoms. The zero-order valence-electron chi connectivity index (χ0n) is 13.0. The number of hydrogen-bond acceptors (Lipinski definition) is 2. The van der Waals surface area contributed by atoms with Gasteiger partial charge in [0.05, 0.1) is 10.6 Å². The minimum atomic E-state index is -0.232. The van der Waals surface area contributed by atoms with Crippen molar-refractivity contribution in [2.45, 2.75) is 6.92 Å². The highest BCUT2D eigenvalue weighted by Crippen LogP contribution is 2.22. The molecule has 0 atom stereocenters. The molecule has 0 bridgehead atoms. The average molecular weight is 336 g/mol. The van der Waals surface area contributed by atoms with Crippen LogP contribution in [0.3, 0.4) is 0 Å². The molecule has 0 saturated carbocycles. The molecule has 1 amide bonds. The Labute approximate surface area is 144 Å². The van der Waals surface area contributed by atoms with Crippen molar-refractivity contribution in [1.82, 2.24) is 4.57 Å². The predicted octanol–water partition coefficient (Wildman–Crippen LogP) is 4.56. The van der Waals surface area contributed by atoms with Crippen LogP contribution in [0, 0.1) is 18.3 Å². The van der Waals surface area contributed by atoms with Crippen LogP contribution in [0.5, 0.6) is 0 Å². The van der Waals surface area contributed by atoms with E-state index in [9.17, 15) is 4.79 Å². The van der Waals surface area contributed by atoms with Crippen molar-refractivity contribution in [1.29, 1.82) is 5.26 Å². The molecular weight excluding hydrogens is 322 g/mol. The van der Waals surface area contributed by atoms with Gasteiger partial charge in [0, 0.05) is 29.3 Å². The Kier molecular flexibility index (Phi) is 4.37. The van der Waals surface area contributed by atoms with E-state index in [-0.39, 0.29) is 5.91 Å². The molecule has 5 heteroatoms. The van der Waals surface area contributed by atoms with Gasteiger partial charge in [-0.05, 0) is 55.0 Å². The van der Waals surface area contributed by atoms with Gasteiger partial charge in [-0.3, -0.25) is 4.79 Å². The number of benzene rings is 2. The van der Waals surface area contributed by atoms with Gasteiger partial charge in [0.15, 0.2) is 0 Å². The molecule has 118 valence electrons. The summed E-state index contributed by atoms with van der Waals surface area (Å²) in [6, 6.07) is 16.2. The van der Waals surface area contributed by atoms with Crippen molar-refractivity contribution >= 4 is 23.2 Å². The van der Waals surface area contributed by atoms with Crippen molar-refractivity contribution in [3.8, 4) is 11.8 Å². The van der Waals surface area contributed by atoms with Gasteiger partial charge in [0.2, 0.25) is 0 Å². The number of anilines is 1. The van der Waals surface area contributed by atoms with Crippen molar-refractivity contribution in [2.24, 2.45) is 0 Å². The lowest BCUT2D eigenvalue weighted by molar-refractivity contribution is 0.102. The number of nitrogens with zero attached hydrogens (tertiary/aromatic N) is 2. The Balaban J connectivity index is 1.87. The third-order valence-electron chi connectivity index (χ3n) is 3.70. The summed E-state index contributed by atoms with van der Waals surface area (Å²) in [6.45, 7) is 2.00. The summed E-state index contributed by atoms with van der Waals surface area (Å²) < 4.78 is 1.96. The van der Waals surface area contributed by atoms with Gasteiger partial charge in [-0.25, -0.2) is 0 Å². The van der Waals surface area contributed by atoms with E-state index in [1.54, 1.807) is 24.3 Å². The van der Waals surface area contributed by atoms with E-state index in [0.717, 1.165) is 11.3 Å². The summed E-state index contributed by atoms with van der Waals surface area (Å²) in [5.41, 5.74) is 3.49. The Hall–Kier alpha value is -3.03. The van der Waals surface area contributed by atoms with Crippen LogP contribution in [0.1, 0.15) is 21.5 Å². The normalized spacial score (nSPS) is 10.2. The van der Waals surface area contributed by atoms with Crippen molar-refractivity contribution in [2.75, 3.05) is 5.32 Å². The Bertz CT molecular complexity index is 940. The second kappa shape index (κ2) is 6.61. The lowest BCUT2D eigenvalue weighted by Crippen LogP contribution is -2.12. The zero-order valence-corrected chi connectivity index (χ0v) is 13.7. The third-order valence-corrected chi connectivity index (χ3v) is 4.01. The van der Waals surface area contributed by atoms with Crippen LogP contribution in [0.15, 0.2) is 60.9 Å². The first kappa shape index (κ1) is 15.9. The first-order valence-corrected chi connectivity index (χ1v) is 7.71. The summed E-state index contributed by atoms with van der Waals surface area (Å²) >= 11 is 6.00. The van der Waals surface area contributed by atoms with E-state index in [4.69, 9.17) is 16.9 Å². The molecule has 0 aliphatic carbocycles. The van der Waals surface area contributed by atoms with Gasteiger partial charge in [-0.1, -0.05) is 17.7 Å². The van der Waals surface area contributed by atoms with Crippen LogP contribution in [0.25, 0.3) is 5.69 Å². The van der Waals surface area contributed by atoms with Gasteiger partial charge >= 0.3 is 0 Å². The van der Waals surface area contributed by atoms with E-state index < -0.39 is 0 Å². The van der Waals surface area contributed by atoms with E-state index in [1.165, 1.54) is 0 Å². The largest absolute Gasteiger partial charge is 0.324 e. The number of aromatic nitrogens is 1. The molecule has 3 rings (SSSR count). The van der Waals surface area contributed by atoms with Crippen molar-refractivity contribution in [3.05, 3.63) is 82.6 Å². The minimum Gasteiger partial charge on any atom is -0.324 e. The van der Waals surface area contributed by atoms with E-state index in [0.29, 0.717) is 21.8 Å². The quantitative estimate of drug-likeness (QED) is 0.762. The number of rotatable bonds is 3. The van der Waals surface area contributed by atoms with Crippen LogP contribution < -0.4 is 5.32 Å². The molecule has 4 nitrogen and oxygen atoms in total. The highest BCUT2D eigenvalue weighted by atomic mass is 35.5. The second-order valence-corrected chi connectivity index (χ2v) is 5.76. The molecule has 24 heavy (non-hydrogen) atoms. The van der Waals surface area contributed by atoms with Crippen molar-refractivity contribution in [3.63, 3.8) is 0 Å². The lowest BCUT2D eigenvalue weighted by atomic mass is 10.1. The molecule has 1 heterocycles. The maximum absolute atomic E-state index is 12.5. The van der Waals surface area contributed by atoms with E-state index in [2.05, 4.69) is 5.32 Å². The predicted molar refractivity (Wildman–Crippen MR) is 94.6 cm³/mol. The standard InChI is InChI=1S/C19H14ClN3O/c1-13-4-5-14(10-18(13)23-8-2-3-9-23)19(24)22-16-7-6-15(12-21)17(20)11-16/h2-11H,1H3,(H,22,24). The molecule has 0 aliphatic heterocycles. The number of aryl methyl sites for hydroxylation is 1. The van der Waals surface area contributed by atoms with Gasteiger partial charge in [0.25, 0.3) is 5.91 Å². The van der Waals surface area contributed by atoms with Crippen LogP contribution in [-0.4, -0.2) is 10.5 Å². The topological polar surface area (TPSA) is 57.8 Å². The smallest absolute Gasteiger partial charge is 0.255 e. The van der Waals surface area contributed by atoms with Gasteiger partial charge in [-0.2, -0.15) is 5.26 Å². The van der Waals surface area contributed by atoms with Gasteiger partial charge in [-0.15, -0.1) is 0 Å². The molecule has 0 aliphatic rings. The molecule has 3 aromatic rings. The molecule has 0 fully saturated rings. The third kappa shape index (κ3) is 3.17. The monoisotopic (exact) mass is 335 g/mol. The highest BCUT2D eigenvalue weighted by Gasteiger charge is 2.10. The fourth-order valence-corrected chi connectivity index (χ4v) is 2.63. The minimum absolute atomic E-state index is 0.232. The molecule has 0 saturated heterocycles. The molecule has 1 N–H and O–H groups in total. The maximum Gasteiger partial charge on any atom is 0.255 e. The van der Waals surface area contributed by atoms with Crippen LogP contribution in [0.4, 0.5) is 5.69 Å². The van der Waals surface area contributed by atoms with Crippen LogP contribution in [0.2, 0.25) is 5.02 Å². The van der Waals surface area contributed by atoms with Crippen LogP contribution >= 0.6 is 11.6 Å². The number of carbonyl (C=O) groups is 1. The maximum atomic E-state index is 12.5. The number of hydrogen-bond donors (Lipinski definition) is 1. The van der Waals surface area contributed by atoms with Crippen molar-refractivity contribution < 1.29 is 4.79 Å². The van der Waals surface area contributed by atoms with Gasteiger partial charge < -0.3 is 9.88 Å². The molecule has 0 unspecified atom stereocenters. The summed E-state index contributed by atoms with van der Waals surface area (Å²) in [7, 11) is 0. The summed E-state index contributed by atoms with van der Waals surface area (Å²) in [5, 5.41) is 12.0. The first-order valence-electron chi connectivity index (χ1n) is 7.33. The Morgan fingerprint density at radius 3 is 2.58 bits per heavy atom. The average Bonchev–Trinajstić information content (AvgIpc) is 3.09. The summed E-state index contributed by atoms with van der Waals surface area (Å²) in [4.78, 5) is 12.5. The Morgan fingerprint density at radius 1 is 1.17 bits per heavy atom.